The maximum atomic E-state index is 5.63. The number of nitrogens with one attached hydrogen (secondary N) is 1. The highest BCUT2D eigenvalue weighted by Gasteiger charge is 2.23. The third-order valence-corrected chi connectivity index (χ3v) is 5.17. The van der Waals surface area contributed by atoms with Crippen LogP contribution in [0.1, 0.15) is 67.9 Å². The maximum Gasteiger partial charge on any atom is 0.148 e. The monoisotopic (exact) mass is 278 g/mol. The first kappa shape index (κ1) is 13.2. The number of aromatic nitrogens is 2. The molecule has 4 nitrogen and oxygen atoms in total. The van der Waals surface area contributed by atoms with Gasteiger partial charge in [0.25, 0.3) is 0 Å². The largest absolute Gasteiger partial charge is 0.308 e. The summed E-state index contributed by atoms with van der Waals surface area (Å²) in [5, 5.41) is 0. The van der Waals surface area contributed by atoms with E-state index in [1.165, 1.54) is 56.2 Å². The third kappa shape index (κ3) is 2.87. The summed E-state index contributed by atoms with van der Waals surface area (Å²) >= 11 is 1.90. The minimum absolute atomic E-state index is 0.531. The van der Waals surface area contributed by atoms with Crippen molar-refractivity contribution in [3.63, 3.8) is 0 Å². The predicted molar refractivity (Wildman–Crippen MR) is 79.9 cm³/mol. The van der Waals surface area contributed by atoms with Crippen LogP contribution in [0.25, 0.3) is 0 Å². The molecule has 0 unspecified atom stereocenters. The highest BCUT2D eigenvalue weighted by molar-refractivity contribution is 7.98. The fourth-order valence-corrected chi connectivity index (χ4v) is 4.13. The van der Waals surface area contributed by atoms with Crippen molar-refractivity contribution in [1.82, 2.24) is 9.97 Å². The molecule has 3 N–H and O–H groups in total. The minimum Gasteiger partial charge on any atom is -0.308 e. The number of thioether (sulfide) groups is 1. The standard InChI is InChI=1S/C14H22N4S/c15-18-14-11-8-19-9-12(11)16-13(17-14)10-6-4-2-1-3-5-7-10/h10H,1-9,15H2,(H,16,17,18). The summed E-state index contributed by atoms with van der Waals surface area (Å²) in [5.74, 6) is 10.0. The zero-order valence-electron chi connectivity index (χ0n) is 11.3. The van der Waals surface area contributed by atoms with Crippen molar-refractivity contribution in [1.29, 1.82) is 0 Å². The van der Waals surface area contributed by atoms with Crippen molar-refractivity contribution in [3.8, 4) is 0 Å². The molecule has 5 heteroatoms. The van der Waals surface area contributed by atoms with Crippen LogP contribution in [0.4, 0.5) is 5.82 Å². The Morgan fingerprint density at radius 3 is 2.47 bits per heavy atom. The topological polar surface area (TPSA) is 63.8 Å². The molecule has 2 aliphatic rings. The molecular weight excluding hydrogens is 256 g/mol. The zero-order chi connectivity index (χ0) is 13.1. The molecule has 2 heterocycles. The summed E-state index contributed by atoms with van der Waals surface area (Å²) in [4.78, 5) is 9.53. The molecular formula is C14H22N4S. The lowest BCUT2D eigenvalue weighted by Gasteiger charge is -2.19. The molecule has 104 valence electrons. The average Bonchev–Trinajstić information content (AvgIpc) is 2.85. The molecule has 19 heavy (non-hydrogen) atoms. The molecule has 0 radical (unpaired) electrons. The Bertz CT molecular complexity index is 441. The molecule has 0 atom stereocenters. The normalized spacial score (nSPS) is 20.7. The molecule has 0 spiro atoms. The molecule has 1 saturated carbocycles. The number of nitrogens with zero attached hydrogens (tertiary/aromatic N) is 2. The van der Waals surface area contributed by atoms with E-state index in [0.717, 1.165) is 23.1 Å². The lowest BCUT2D eigenvalue weighted by Crippen LogP contribution is -2.16. The summed E-state index contributed by atoms with van der Waals surface area (Å²) in [5.41, 5.74) is 5.18. The lowest BCUT2D eigenvalue weighted by atomic mass is 9.90. The van der Waals surface area contributed by atoms with Gasteiger partial charge in [-0.25, -0.2) is 15.8 Å². The minimum atomic E-state index is 0.531. The van der Waals surface area contributed by atoms with Gasteiger partial charge in [0.15, 0.2) is 0 Å². The number of nitrogen functional groups attached to an aromatic ring is 1. The second-order valence-electron chi connectivity index (χ2n) is 5.53. The van der Waals surface area contributed by atoms with E-state index >= 15 is 0 Å². The SMILES string of the molecule is NNc1nc(C2CCCCCCC2)nc2c1CSC2. The third-order valence-electron chi connectivity index (χ3n) is 4.20. The smallest absolute Gasteiger partial charge is 0.148 e. The highest BCUT2D eigenvalue weighted by atomic mass is 32.2. The van der Waals surface area contributed by atoms with Gasteiger partial charge in [0, 0.05) is 23.0 Å². The van der Waals surface area contributed by atoms with E-state index in [4.69, 9.17) is 15.8 Å². The fourth-order valence-electron chi connectivity index (χ4n) is 3.09. The van der Waals surface area contributed by atoms with Gasteiger partial charge in [-0.15, -0.1) is 0 Å². The molecule has 0 aromatic carbocycles. The summed E-state index contributed by atoms with van der Waals surface area (Å²) in [6.07, 6.45) is 9.20. The van der Waals surface area contributed by atoms with E-state index < -0.39 is 0 Å². The van der Waals surface area contributed by atoms with Gasteiger partial charge < -0.3 is 5.43 Å². The van der Waals surface area contributed by atoms with Crippen LogP contribution in [0, 0.1) is 0 Å². The molecule has 1 aromatic rings. The van der Waals surface area contributed by atoms with Crippen LogP contribution in [0.5, 0.6) is 0 Å². The summed E-state index contributed by atoms with van der Waals surface area (Å²) in [6.45, 7) is 0. The number of hydrogen-bond donors (Lipinski definition) is 2. The first-order chi connectivity index (χ1) is 9.38. The van der Waals surface area contributed by atoms with E-state index in [0.29, 0.717) is 5.92 Å². The molecule has 1 aromatic heterocycles. The number of hydrogen-bond acceptors (Lipinski definition) is 5. The average molecular weight is 278 g/mol. The summed E-state index contributed by atoms with van der Waals surface area (Å²) in [7, 11) is 0. The highest BCUT2D eigenvalue weighted by Crippen LogP contribution is 2.35. The first-order valence-electron chi connectivity index (χ1n) is 7.32. The first-order valence-corrected chi connectivity index (χ1v) is 8.48. The van der Waals surface area contributed by atoms with Crippen molar-refractivity contribution < 1.29 is 0 Å². The van der Waals surface area contributed by atoms with Crippen LogP contribution in [0.2, 0.25) is 0 Å². The van der Waals surface area contributed by atoms with Crippen molar-refractivity contribution in [2.75, 3.05) is 5.43 Å². The molecule has 1 aliphatic heterocycles. The van der Waals surface area contributed by atoms with E-state index in [1.54, 1.807) is 0 Å². The van der Waals surface area contributed by atoms with Crippen LogP contribution >= 0.6 is 11.8 Å². The molecule has 0 amide bonds. The predicted octanol–water partition coefficient (Wildman–Crippen LogP) is 3.34. The zero-order valence-corrected chi connectivity index (χ0v) is 12.1. The Labute approximate surface area is 118 Å². The van der Waals surface area contributed by atoms with Crippen LogP contribution in [0.15, 0.2) is 0 Å². The molecule has 1 aliphatic carbocycles. The van der Waals surface area contributed by atoms with Crippen molar-refractivity contribution >= 4 is 17.6 Å². The summed E-state index contributed by atoms with van der Waals surface area (Å²) < 4.78 is 0. The Balaban J connectivity index is 1.86. The van der Waals surface area contributed by atoms with Crippen molar-refractivity contribution in [3.05, 3.63) is 17.1 Å². The van der Waals surface area contributed by atoms with Crippen LogP contribution in [-0.4, -0.2) is 9.97 Å². The van der Waals surface area contributed by atoms with E-state index in [1.807, 2.05) is 11.8 Å². The quantitative estimate of drug-likeness (QED) is 0.641. The van der Waals surface area contributed by atoms with Gasteiger partial charge in [-0.05, 0) is 12.8 Å². The van der Waals surface area contributed by atoms with Gasteiger partial charge in [0.05, 0.1) is 5.69 Å². The second-order valence-corrected chi connectivity index (χ2v) is 6.52. The van der Waals surface area contributed by atoms with Crippen molar-refractivity contribution in [2.45, 2.75) is 62.4 Å². The van der Waals surface area contributed by atoms with Gasteiger partial charge in [-0.1, -0.05) is 32.1 Å². The van der Waals surface area contributed by atoms with Crippen LogP contribution in [0.3, 0.4) is 0 Å². The Morgan fingerprint density at radius 2 is 1.74 bits per heavy atom. The van der Waals surface area contributed by atoms with Gasteiger partial charge in [0.1, 0.15) is 11.6 Å². The van der Waals surface area contributed by atoms with Gasteiger partial charge in [-0.2, -0.15) is 11.8 Å². The number of nitrogens with two attached hydrogens (primary N) is 1. The van der Waals surface area contributed by atoms with Crippen LogP contribution in [-0.2, 0) is 11.5 Å². The number of rotatable bonds is 2. The Morgan fingerprint density at radius 1 is 1.00 bits per heavy atom. The number of fused-ring (bicyclic) bond motifs is 1. The number of hydrazine groups is 1. The van der Waals surface area contributed by atoms with Gasteiger partial charge >= 0.3 is 0 Å². The Kier molecular flexibility index (Phi) is 4.23. The molecule has 3 rings (SSSR count). The molecule has 0 bridgehead atoms. The van der Waals surface area contributed by atoms with Gasteiger partial charge in [-0.3, -0.25) is 0 Å². The summed E-state index contributed by atoms with van der Waals surface area (Å²) in [6, 6.07) is 0. The second kappa shape index (κ2) is 6.09. The van der Waals surface area contributed by atoms with E-state index in [-0.39, 0.29) is 0 Å². The van der Waals surface area contributed by atoms with E-state index in [9.17, 15) is 0 Å². The van der Waals surface area contributed by atoms with Crippen LogP contribution < -0.4 is 11.3 Å². The maximum absolute atomic E-state index is 5.63. The van der Waals surface area contributed by atoms with E-state index in [2.05, 4.69) is 5.43 Å². The lowest BCUT2D eigenvalue weighted by molar-refractivity contribution is 0.442. The Hall–Kier alpha value is -0.810. The van der Waals surface area contributed by atoms with Gasteiger partial charge in [0.2, 0.25) is 0 Å². The van der Waals surface area contributed by atoms with Crippen molar-refractivity contribution in [2.24, 2.45) is 5.84 Å². The molecule has 0 saturated heterocycles. The fraction of sp³-hybridized carbons (Fsp3) is 0.714. The number of anilines is 1. The molecule has 1 fully saturated rings.